The number of benzene rings is 3. The molecule has 0 spiro atoms. The molecule has 2 heterocycles. The molecule has 11 heteroatoms. The molecule has 7 nitrogen and oxygen atoms in total. The Bertz CT molecular complexity index is 1480. The number of urea groups is 1. The van der Waals surface area contributed by atoms with Crippen molar-refractivity contribution in [2.45, 2.75) is 12.2 Å². The number of carbonyl (C=O) groups is 2. The zero-order valence-corrected chi connectivity index (χ0v) is 19.6. The van der Waals surface area contributed by atoms with E-state index in [2.05, 4.69) is 10.7 Å². The molecule has 3 aromatic carbocycles. The Kier molecular flexibility index (Phi) is 6.01. The first-order valence-electron chi connectivity index (χ1n) is 11.0. The Morgan fingerprint density at radius 1 is 0.973 bits per heavy atom. The lowest BCUT2D eigenvalue weighted by Crippen LogP contribution is -2.58. The van der Waals surface area contributed by atoms with E-state index in [4.69, 9.17) is 16.9 Å². The number of carbonyl (C=O) groups excluding carboxylic acids is 2. The van der Waals surface area contributed by atoms with Gasteiger partial charge in [0.2, 0.25) is 0 Å². The van der Waals surface area contributed by atoms with Gasteiger partial charge in [0.1, 0.15) is 0 Å². The third kappa shape index (κ3) is 4.57. The van der Waals surface area contributed by atoms with Crippen LogP contribution < -0.4 is 20.7 Å². The van der Waals surface area contributed by atoms with Crippen molar-refractivity contribution in [3.05, 3.63) is 106 Å². The third-order valence-corrected chi connectivity index (χ3v) is 6.29. The summed E-state index contributed by atoms with van der Waals surface area (Å²) in [6.45, 7) is -0.0299. The van der Waals surface area contributed by atoms with Crippen LogP contribution in [0.2, 0.25) is 5.02 Å². The lowest BCUT2D eigenvalue weighted by molar-refractivity contribution is -0.137. The highest BCUT2D eigenvalue weighted by molar-refractivity contribution is 6.30. The van der Waals surface area contributed by atoms with E-state index in [0.29, 0.717) is 21.8 Å². The van der Waals surface area contributed by atoms with E-state index in [1.807, 2.05) is 6.07 Å². The van der Waals surface area contributed by atoms with Crippen LogP contribution in [0.15, 0.2) is 84.1 Å². The molecule has 0 fully saturated rings. The molecule has 0 saturated carbocycles. The zero-order chi connectivity index (χ0) is 26.3. The highest BCUT2D eigenvalue weighted by Gasteiger charge is 2.42. The van der Waals surface area contributed by atoms with Gasteiger partial charge in [-0.1, -0.05) is 35.9 Å². The average molecular weight is 524 g/mol. The van der Waals surface area contributed by atoms with Crippen LogP contribution in [0.25, 0.3) is 0 Å². The number of hydrazine groups is 1. The molecule has 0 saturated heterocycles. The molecule has 0 bridgehead atoms. The Hall–Kier alpha value is -4.49. The van der Waals surface area contributed by atoms with Gasteiger partial charge in [0.25, 0.3) is 5.91 Å². The van der Waals surface area contributed by atoms with Crippen LogP contribution in [-0.4, -0.2) is 18.5 Å². The summed E-state index contributed by atoms with van der Waals surface area (Å²) in [5.41, 5.74) is 3.63. The average Bonchev–Trinajstić information content (AvgIpc) is 2.87. The van der Waals surface area contributed by atoms with Crippen molar-refractivity contribution >= 4 is 34.9 Å². The number of hydrogen-bond donors (Lipinski definition) is 2. The van der Waals surface area contributed by atoms with Crippen molar-refractivity contribution in [1.29, 1.82) is 5.26 Å². The predicted octanol–water partition coefficient (Wildman–Crippen LogP) is 5.31. The molecule has 2 aliphatic heterocycles. The Morgan fingerprint density at radius 2 is 1.68 bits per heavy atom. The van der Waals surface area contributed by atoms with Gasteiger partial charge >= 0.3 is 12.2 Å². The van der Waals surface area contributed by atoms with Gasteiger partial charge < -0.3 is 5.32 Å². The van der Waals surface area contributed by atoms with Gasteiger partial charge in [-0.05, 0) is 54.1 Å². The summed E-state index contributed by atoms with van der Waals surface area (Å²) in [5.74, 6) is -0.549. The summed E-state index contributed by atoms with van der Waals surface area (Å²) < 4.78 is 40.4. The predicted molar refractivity (Wildman–Crippen MR) is 130 cm³/mol. The Labute approximate surface area is 214 Å². The second-order valence-electron chi connectivity index (χ2n) is 8.37. The molecule has 0 unspecified atom stereocenters. The Morgan fingerprint density at radius 3 is 2.35 bits per heavy atom. The molecule has 0 radical (unpaired) electrons. The molecule has 2 aliphatic rings. The first-order chi connectivity index (χ1) is 17.7. The molecule has 5 rings (SSSR count). The monoisotopic (exact) mass is 523 g/mol. The quantitative estimate of drug-likeness (QED) is 0.487. The van der Waals surface area contributed by atoms with Crippen LogP contribution in [0.1, 0.15) is 22.7 Å². The van der Waals surface area contributed by atoms with Crippen LogP contribution in [-0.2, 0) is 11.0 Å². The fourth-order valence-corrected chi connectivity index (χ4v) is 4.54. The minimum absolute atomic E-state index is 0.0299. The number of hydrogen-bond acceptors (Lipinski definition) is 4. The van der Waals surface area contributed by atoms with E-state index in [1.54, 1.807) is 48.5 Å². The highest BCUT2D eigenvalue weighted by Crippen LogP contribution is 2.38. The maximum absolute atomic E-state index is 13.5. The van der Waals surface area contributed by atoms with Crippen LogP contribution in [0, 0.1) is 11.3 Å². The van der Waals surface area contributed by atoms with Crippen molar-refractivity contribution < 1.29 is 22.8 Å². The number of anilines is 2. The first kappa shape index (κ1) is 24.2. The van der Waals surface area contributed by atoms with Crippen LogP contribution in [0.5, 0.6) is 0 Å². The van der Waals surface area contributed by atoms with Gasteiger partial charge in [0.15, 0.2) is 0 Å². The van der Waals surface area contributed by atoms with Crippen molar-refractivity contribution in [2.24, 2.45) is 0 Å². The van der Waals surface area contributed by atoms with Gasteiger partial charge in [-0.2, -0.15) is 18.4 Å². The molecule has 3 aromatic rings. The standard InChI is InChI=1S/C26H17ClF3N5O2/c27-18-4-2-5-19(12-18)34-14-21-22(24(36)33-34)23(16-9-7-15(13-31)8-10-16)32-25(37)35(21)20-6-1-3-17(11-20)26(28,29)30/h1-12,23H,14H2,(H,32,37)(H,33,36)/t23-/m1/s1. The largest absolute Gasteiger partial charge is 0.416 e. The van der Waals surface area contributed by atoms with E-state index in [1.165, 1.54) is 17.1 Å². The smallest absolute Gasteiger partial charge is 0.326 e. The number of rotatable bonds is 3. The van der Waals surface area contributed by atoms with Crippen LogP contribution in [0.4, 0.5) is 29.3 Å². The number of halogens is 4. The number of nitrogens with zero attached hydrogens (tertiary/aromatic N) is 3. The summed E-state index contributed by atoms with van der Waals surface area (Å²) in [6, 6.07) is 17.8. The normalized spacial score (nSPS) is 17.6. The zero-order valence-electron chi connectivity index (χ0n) is 18.9. The van der Waals surface area contributed by atoms with E-state index >= 15 is 0 Å². The lowest BCUT2D eigenvalue weighted by Gasteiger charge is -2.42. The number of nitriles is 1. The molecular formula is C26H17ClF3N5O2. The van der Waals surface area contributed by atoms with Gasteiger partial charge in [-0.15, -0.1) is 0 Å². The van der Waals surface area contributed by atoms with Gasteiger partial charge in [-0.25, -0.2) is 4.79 Å². The summed E-state index contributed by atoms with van der Waals surface area (Å²) in [4.78, 5) is 27.9. The third-order valence-electron chi connectivity index (χ3n) is 6.05. The van der Waals surface area contributed by atoms with Crippen LogP contribution in [0.3, 0.4) is 0 Å². The maximum Gasteiger partial charge on any atom is 0.416 e. The molecule has 37 heavy (non-hydrogen) atoms. The topological polar surface area (TPSA) is 88.5 Å². The second kappa shape index (κ2) is 9.19. The van der Waals surface area contributed by atoms with Gasteiger partial charge in [0.05, 0.1) is 52.4 Å². The lowest BCUT2D eigenvalue weighted by atomic mass is 9.92. The van der Waals surface area contributed by atoms with Crippen molar-refractivity contribution in [2.75, 3.05) is 16.5 Å². The van der Waals surface area contributed by atoms with Crippen LogP contribution >= 0.6 is 11.6 Å². The van der Waals surface area contributed by atoms with E-state index in [-0.39, 0.29) is 23.5 Å². The highest BCUT2D eigenvalue weighted by atomic mass is 35.5. The fraction of sp³-hybridized carbons (Fsp3) is 0.115. The number of nitrogens with one attached hydrogen (secondary N) is 2. The van der Waals surface area contributed by atoms with Crippen molar-refractivity contribution in [3.8, 4) is 6.07 Å². The number of amides is 3. The first-order valence-corrected chi connectivity index (χ1v) is 11.4. The van der Waals surface area contributed by atoms with E-state index in [0.717, 1.165) is 17.0 Å². The van der Waals surface area contributed by atoms with Gasteiger partial charge in [0, 0.05) is 5.02 Å². The second-order valence-corrected chi connectivity index (χ2v) is 8.80. The molecule has 3 amide bonds. The molecule has 186 valence electrons. The van der Waals surface area contributed by atoms with Crippen molar-refractivity contribution in [1.82, 2.24) is 10.7 Å². The SMILES string of the molecule is N#Cc1ccc([C@H]2NC(=O)N(c3cccc(C(F)(F)F)c3)C3=C2C(=O)NN(c2cccc(Cl)c2)C3)cc1. The molecular weight excluding hydrogens is 507 g/mol. The Balaban J connectivity index is 1.66. The maximum atomic E-state index is 13.5. The summed E-state index contributed by atoms with van der Waals surface area (Å²) in [6.07, 6.45) is -4.62. The van der Waals surface area contributed by atoms with E-state index in [9.17, 15) is 22.8 Å². The summed E-state index contributed by atoms with van der Waals surface area (Å²) >= 11 is 6.12. The summed E-state index contributed by atoms with van der Waals surface area (Å²) in [5, 5.41) is 13.7. The number of alkyl halides is 3. The molecule has 1 atom stereocenters. The fourth-order valence-electron chi connectivity index (χ4n) is 4.35. The molecule has 0 aliphatic carbocycles. The molecule has 0 aromatic heterocycles. The minimum atomic E-state index is -4.62. The van der Waals surface area contributed by atoms with Gasteiger partial charge in [-0.3, -0.25) is 20.1 Å². The summed E-state index contributed by atoms with van der Waals surface area (Å²) in [7, 11) is 0. The minimum Gasteiger partial charge on any atom is -0.326 e. The molecule has 2 N–H and O–H groups in total. The van der Waals surface area contributed by atoms with Crippen molar-refractivity contribution in [3.63, 3.8) is 0 Å². The van der Waals surface area contributed by atoms with E-state index < -0.39 is 29.7 Å².